The molecule has 11 heavy (non-hydrogen) atoms. The van der Waals surface area contributed by atoms with Crippen LogP contribution < -0.4 is 0 Å². The third-order valence-corrected chi connectivity index (χ3v) is 1.30. The van der Waals surface area contributed by atoms with E-state index >= 15 is 0 Å². The summed E-state index contributed by atoms with van der Waals surface area (Å²) in [4.78, 5) is 10.1. The normalized spacial score (nSPS) is 10.6. The topological polar surface area (TPSA) is 50.4 Å². The Balaban J connectivity index is 2.79. The SMILES string of the molecule is Cc1occc1/C=C/C(=O)O. The zero-order valence-electron chi connectivity index (χ0n) is 6.07. The Morgan fingerprint density at radius 3 is 2.91 bits per heavy atom. The fourth-order valence-corrected chi connectivity index (χ4v) is 0.729. The summed E-state index contributed by atoms with van der Waals surface area (Å²) in [5.41, 5.74) is 0.799. The number of carboxylic acid groups (broad SMARTS) is 1. The second-order valence-electron chi connectivity index (χ2n) is 2.10. The number of hydrogen-bond acceptors (Lipinski definition) is 2. The summed E-state index contributed by atoms with van der Waals surface area (Å²) < 4.78 is 4.95. The molecule has 1 heterocycles. The predicted molar refractivity (Wildman–Crippen MR) is 40.1 cm³/mol. The lowest BCUT2D eigenvalue weighted by molar-refractivity contribution is -0.131. The number of aryl methyl sites for hydroxylation is 1. The summed E-state index contributed by atoms with van der Waals surface area (Å²) in [7, 11) is 0. The first kappa shape index (κ1) is 7.60. The minimum atomic E-state index is -0.953. The van der Waals surface area contributed by atoms with Crippen molar-refractivity contribution in [3.8, 4) is 0 Å². The molecule has 1 rings (SSSR count). The van der Waals surface area contributed by atoms with E-state index in [1.165, 1.54) is 12.3 Å². The number of carbonyl (C=O) groups is 1. The van der Waals surface area contributed by atoms with Gasteiger partial charge in [0.1, 0.15) is 5.76 Å². The molecule has 3 nitrogen and oxygen atoms in total. The molecule has 0 fully saturated rings. The molecule has 0 bridgehead atoms. The quantitative estimate of drug-likeness (QED) is 0.656. The lowest BCUT2D eigenvalue weighted by Crippen LogP contribution is -1.85. The van der Waals surface area contributed by atoms with Crippen LogP contribution in [0, 0.1) is 6.92 Å². The first-order chi connectivity index (χ1) is 5.20. The number of aliphatic carboxylic acids is 1. The highest BCUT2D eigenvalue weighted by Crippen LogP contribution is 2.09. The Morgan fingerprint density at radius 2 is 2.45 bits per heavy atom. The van der Waals surface area contributed by atoms with Crippen molar-refractivity contribution in [1.82, 2.24) is 0 Å². The van der Waals surface area contributed by atoms with Crippen LogP contribution in [-0.2, 0) is 4.79 Å². The van der Waals surface area contributed by atoms with Gasteiger partial charge in [-0.25, -0.2) is 4.79 Å². The maximum Gasteiger partial charge on any atom is 0.328 e. The van der Waals surface area contributed by atoms with Crippen LogP contribution in [0.5, 0.6) is 0 Å². The average molecular weight is 152 g/mol. The molecule has 1 N–H and O–H groups in total. The number of rotatable bonds is 2. The fraction of sp³-hybridized carbons (Fsp3) is 0.125. The summed E-state index contributed by atoms with van der Waals surface area (Å²) in [5, 5.41) is 8.29. The van der Waals surface area contributed by atoms with Crippen molar-refractivity contribution in [3.63, 3.8) is 0 Å². The summed E-state index contributed by atoms with van der Waals surface area (Å²) in [5.74, 6) is -0.229. The number of furan rings is 1. The van der Waals surface area contributed by atoms with Gasteiger partial charge in [-0.2, -0.15) is 0 Å². The van der Waals surface area contributed by atoms with Gasteiger partial charge in [-0.15, -0.1) is 0 Å². The average Bonchev–Trinajstić information content (AvgIpc) is 2.31. The van der Waals surface area contributed by atoms with Gasteiger partial charge in [0.2, 0.25) is 0 Å². The van der Waals surface area contributed by atoms with Crippen LogP contribution >= 0.6 is 0 Å². The van der Waals surface area contributed by atoms with E-state index in [1.807, 2.05) is 0 Å². The van der Waals surface area contributed by atoms with Crippen molar-refractivity contribution in [2.24, 2.45) is 0 Å². The summed E-state index contributed by atoms with van der Waals surface area (Å²) in [6.45, 7) is 1.78. The van der Waals surface area contributed by atoms with E-state index < -0.39 is 5.97 Å². The monoisotopic (exact) mass is 152 g/mol. The zero-order valence-corrected chi connectivity index (χ0v) is 6.07. The van der Waals surface area contributed by atoms with E-state index in [0.717, 1.165) is 17.4 Å². The predicted octanol–water partition coefficient (Wildman–Crippen LogP) is 1.69. The molecule has 0 unspecified atom stereocenters. The molecule has 0 radical (unpaired) electrons. The van der Waals surface area contributed by atoms with Gasteiger partial charge in [-0.05, 0) is 19.1 Å². The Morgan fingerprint density at radius 1 is 1.73 bits per heavy atom. The third kappa shape index (κ3) is 1.97. The van der Waals surface area contributed by atoms with Gasteiger partial charge in [-0.3, -0.25) is 0 Å². The van der Waals surface area contributed by atoms with Crippen molar-refractivity contribution in [3.05, 3.63) is 29.7 Å². The van der Waals surface area contributed by atoms with E-state index in [0.29, 0.717) is 0 Å². The van der Waals surface area contributed by atoms with E-state index in [9.17, 15) is 4.79 Å². The molecule has 0 aliphatic heterocycles. The van der Waals surface area contributed by atoms with Crippen molar-refractivity contribution in [2.75, 3.05) is 0 Å². The van der Waals surface area contributed by atoms with Crippen LogP contribution in [-0.4, -0.2) is 11.1 Å². The Hall–Kier alpha value is -1.51. The standard InChI is InChI=1S/C8H8O3/c1-6-7(4-5-11-6)2-3-8(9)10/h2-5H,1H3,(H,9,10)/b3-2+. The van der Waals surface area contributed by atoms with Crippen molar-refractivity contribution in [2.45, 2.75) is 6.92 Å². The van der Waals surface area contributed by atoms with Gasteiger partial charge in [0.15, 0.2) is 0 Å². The molecule has 3 heteroatoms. The third-order valence-electron chi connectivity index (χ3n) is 1.30. The van der Waals surface area contributed by atoms with E-state index in [4.69, 9.17) is 9.52 Å². The summed E-state index contributed by atoms with van der Waals surface area (Å²) in [6, 6.07) is 1.72. The minimum absolute atomic E-state index is 0.725. The summed E-state index contributed by atoms with van der Waals surface area (Å²) >= 11 is 0. The van der Waals surface area contributed by atoms with Crippen molar-refractivity contribution < 1.29 is 14.3 Å². The highest BCUT2D eigenvalue weighted by molar-refractivity contribution is 5.85. The first-order valence-corrected chi connectivity index (χ1v) is 3.15. The Kier molecular flexibility index (Phi) is 2.11. The van der Waals surface area contributed by atoms with Crippen LogP contribution in [0.25, 0.3) is 6.08 Å². The number of carboxylic acids is 1. The van der Waals surface area contributed by atoms with Gasteiger partial charge in [0, 0.05) is 11.6 Å². The van der Waals surface area contributed by atoms with Crippen LogP contribution in [0.3, 0.4) is 0 Å². The first-order valence-electron chi connectivity index (χ1n) is 3.15. The van der Waals surface area contributed by atoms with Gasteiger partial charge in [0.25, 0.3) is 0 Å². The van der Waals surface area contributed by atoms with Gasteiger partial charge < -0.3 is 9.52 Å². The highest BCUT2D eigenvalue weighted by atomic mass is 16.4. The Bertz CT molecular complexity index is 283. The fourth-order valence-electron chi connectivity index (χ4n) is 0.729. The molecular formula is C8H8O3. The molecule has 0 saturated carbocycles. The lowest BCUT2D eigenvalue weighted by Gasteiger charge is -1.84. The van der Waals surface area contributed by atoms with Crippen LogP contribution in [0.4, 0.5) is 0 Å². The molecular weight excluding hydrogens is 144 g/mol. The maximum absolute atomic E-state index is 10.1. The van der Waals surface area contributed by atoms with Crippen LogP contribution in [0.1, 0.15) is 11.3 Å². The van der Waals surface area contributed by atoms with E-state index in [-0.39, 0.29) is 0 Å². The molecule has 1 aromatic rings. The van der Waals surface area contributed by atoms with Gasteiger partial charge in [0.05, 0.1) is 6.26 Å². The lowest BCUT2D eigenvalue weighted by atomic mass is 10.2. The van der Waals surface area contributed by atoms with Crippen molar-refractivity contribution >= 4 is 12.0 Å². The smallest absolute Gasteiger partial charge is 0.328 e. The molecule has 0 aliphatic rings. The van der Waals surface area contributed by atoms with Crippen LogP contribution in [0.15, 0.2) is 22.8 Å². The molecule has 0 amide bonds. The second kappa shape index (κ2) is 3.05. The molecule has 0 aromatic carbocycles. The van der Waals surface area contributed by atoms with E-state index in [1.54, 1.807) is 13.0 Å². The van der Waals surface area contributed by atoms with Crippen LogP contribution in [0.2, 0.25) is 0 Å². The second-order valence-corrected chi connectivity index (χ2v) is 2.10. The largest absolute Gasteiger partial charge is 0.478 e. The van der Waals surface area contributed by atoms with Gasteiger partial charge >= 0.3 is 5.97 Å². The zero-order chi connectivity index (χ0) is 8.27. The highest BCUT2D eigenvalue weighted by Gasteiger charge is 1.95. The van der Waals surface area contributed by atoms with E-state index in [2.05, 4.69) is 0 Å². The van der Waals surface area contributed by atoms with Gasteiger partial charge in [-0.1, -0.05) is 0 Å². The van der Waals surface area contributed by atoms with Crippen molar-refractivity contribution in [1.29, 1.82) is 0 Å². The molecule has 58 valence electrons. The minimum Gasteiger partial charge on any atom is -0.478 e. The summed E-state index contributed by atoms with van der Waals surface area (Å²) in [6.07, 6.45) is 4.11. The molecule has 0 saturated heterocycles. The number of hydrogen-bond donors (Lipinski definition) is 1. The molecule has 0 aliphatic carbocycles. The Labute approximate surface area is 64.0 Å². The molecule has 1 aromatic heterocycles. The molecule has 0 spiro atoms. The maximum atomic E-state index is 10.1. The molecule has 0 atom stereocenters.